The highest BCUT2D eigenvalue weighted by atomic mass is 35.5. The molecule has 2 aromatic rings. The molecule has 154 valence electrons. The highest BCUT2D eigenvalue weighted by molar-refractivity contribution is 6.32. The lowest BCUT2D eigenvalue weighted by Gasteiger charge is -2.14. The van der Waals surface area contributed by atoms with E-state index in [9.17, 15) is 13.6 Å². The smallest absolute Gasteiger partial charge is 0.258 e. The number of guanidine groups is 1. The van der Waals surface area contributed by atoms with Gasteiger partial charge in [0.1, 0.15) is 5.75 Å². The van der Waals surface area contributed by atoms with E-state index in [1.54, 1.807) is 18.2 Å². The molecule has 2 aromatic carbocycles. The van der Waals surface area contributed by atoms with Gasteiger partial charge in [-0.3, -0.25) is 10.1 Å². The zero-order valence-electron chi connectivity index (χ0n) is 15.7. The molecule has 2 N–H and O–H groups in total. The maximum Gasteiger partial charge on any atom is 0.258 e. The lowest BCUT2D eigenvalue weighted by Crippen LogP contribution is -2.36. The molecular weight excluding hydrogens is 404 g/mol. The summed E-state index contributed by atoms with van der Waals surface area (Å²) < 4.78 is 37.2. The molecule has 0 spiro atoms. The van der Waals surface area contributed by atoms with Crippen molar-refractivity contribution in [2.75, 3.05) is 25.6 Å². The lowest BCUT2D eigenvalue weighted by atomic mass is 10.2. The van der Waals surface area contributed by atoms with Crippen molar-refractivity contribution in [3.63, 3.8) is 0 Å². The zero-order valence-corrected chi connectivity index (χ0v) is 16.4. The molecule has 3 rings (SSSR count). The second-order valence-electron chi connectivity index (χ2n) is 6.38. The van der Waals surface area contributed by atoms with E-state index >= 15 is 0 Å². The van der Waals surface area contributed by atoms with Gasteiger partial charge in [0, 0.05) is 17.9 Å². The maximum absolute atomic E-state index is 13.4. The molecule has 0 aromatic heterocycles. The van der Waals surface area contributed by atoms with Gasteiger partial charge < -0.3 is 14.8 Å². The van der Waals surface area contributed by atoms with Crippen LogP contribution in [0.25, 0.3) is 0 Å². The van der Waals surface area contributed by atoms with E-state index in [-0.39, 0.29) is 17.6 Å². The molecule has 1 atom stereocenters. The molecule has 29 heavy (non-hydrogen) atoms. The number of carbonyl (C=O) groups is 1. The van der Waals surface area contributed by atoms with E-state index in [4.69, 9.17) is 21.1 Å². The van der Waals surface area contributed by atoms with Gasteiger partial charge in [0.25, 0.3) is 5.91 Å². The quantitative estimate of drug-likeness (QED) is 0.563. The number of halogens is 3. The van der Waals surface area contributed by atoms with E-state index in [0.29, 0.717) is 29.6 Å². The van der Waals surface area contributed by atoms with Gasteiger partial charge >= 0.3 is 0 Å². The molecule has 1 fully saturated rings. The van der Waals surface area contributed by atoms with Crippen LogP contribution in [0.1, 0.15) is 23.2 Å². The monoisotopic (exact) mass is 423 g/mol. The Hall–Kier alpha value is -2.71. The van der Waals surface area contributed by atoms with Crippen LogP contribution in [-0.2, 0) is 4.74 Å². The maximum atomic E-state index is 13.4. The van der Waals surface area contributed by atoms with E-state index in [1.807, 2.05) is 0 Å². The third kappa shape index (κ3) is 5.65. The summed E-state index contributed by atoms with van der Waals surface area (Å²) in [6, 6.07) is 7.90. The normalized spacial score (nSPS) is 16.6. The number of ether oxygens (including phenoxy) is 2. The molecule has 0 bridgehead atoms. The van der Waals surface area contributed by atoms with Crippen molar-refractivity contribution >= 4 is 29.2 Å². The van der Waals surface area contributed by atoms with Crippen molar-refractivity contribution in [2.45, 2.75) is 18.9 Å². The summed E-state index contributed by atoms with van der Waals surface area (Å²) in [4.78, 5) is 16.9. The summed E-state index contributed by atoms with van der Waals surface area (Å²) in [6.07, 6.45) is 1.80. The number of nitrogens with one attached hydrogen (secondary N) is 2. The third-order valence-electron chi connectivity index (χ3n) is 4.31. The molecule has 9 heteroatoms. The predicted octanol–water partition coefficient (Wildman–Crippen LogP) is 4.00. The van der Waals surface area contributed by atoms with Crippen molar-refractivity contribution in [1.82, 2.24) is 5.32 Å². The molecule has 0 unspecified atom stereocenters. The minimum atomic E-state index is -1.11. The minimum absolute atomic E-state index is 0.0357. The molecule has 1 aliphatic rings. The topological polar surface area (TPSA) is 71.9 Å². The van der Waals surface area contributed by atoms with Crippen LogP contribution in [0.15, 0.2) is 41.4 Å². The Bertz CT molecular complexity index is 918. The Balaban J connectivity index is 1.78. The Morgan fingerprint density at radius 3 is 2.76 bits per heavy atom. The number of methoxy groups -OCH3 is 1. The van der Waals surface area contributed by atoms with E-state index in [2.05, 4.69) is 15.6 Å². The van der Waals surface area contributed by atoms with Gasteiger partial charge in [-0.15, -0.1) is 0 Å². The Morgan fingerprint density at radius 2 is 2.10 bits per heavy atom. The highest BCUT2D eigenvalue weighted by Crippen LogP contribution is 2.27. The number of anilines is 1. The summed E-state index contributed by atoms with van der Waals surface area (Å²) in [6.45, 7) is 1.02. The first-order valence-electron chi connectivity index (χ1n) is 8.99. The summed E-state index contributed by atoms with van der Waals surface area (Å²) in [5.41, 5.74) is 0.524. The number of aliphatic imine (C=N–C) groups is 1. The summed E-state index contributed by atoms with van der Waals surface area (Å²) in [5, 5.41) is 5.94. The largest absolute Gasteiger partial charge is 0.495 e. The fourth-order valence-electron chi connectivity index (χ4n) is 2.79. The molecule has 0 radical (unpaired) electrons. The van der Waals surface area contributed by atoms with Gasteiger partial charge in [-0.1, -0.05) is 11.6 Å². The number of benzene rings is 2. The first-order valence-corrected chi connectivity index (χ1v) is 9.37. The van der Waals surface area contributed by atoms with Crippen molar-refractivity contribution < 1.29 is 23.0 Å². The Kier molecular flexibility index (Phi) is 7.00. The zero-order chi connectivity index (χ0) is 20.8. The van der Waals surface area contributed by atoms with E-state index in [1.165, 1.54) is 13.2 Å². The third-order valence-corrected chi connectivity index (χ3v) is 4.60. The molecule has 1 heterocycles. The average molecular weight is 424 g/mol. The number of rotatable bonds is 5. The van der Waals surface area contributed by atoms with Crippen LogP contribution in [0.2, 0.25) is 5.02 Å². The first-order chi connectivity index (χ1) is 14.0. The van der Waals surface area contributed by atoms with Crippen LogP contribution in [0.5, 0.6) is 5.75 Å². The van der Waals surface area contributed by atoms with Crippen LogP contribution in [0, 0.1) is 11.6 Å². The molecule has 0 saturated carbocycles. The fourth-order valence-corrected chi connectivity index (χ4v) is 3.05. The van der Waals surface area contributed by atoms with Crippen LogP contribution in [0.4, 0.5) is 14.5 Å². The highest BCUT2D eigenvalue weighted by Gasteiger charge is 2.17. The number of carbonyl (C=O) groups excluding carboxylic acids is 1. The summed E-state index contributed by atoms with van der Waals surface area (Å²) in [7, 11) is 1.50. The number of nitrogens with zero attached hydrogens (tertiary/aromatic N) is 1. The lowest BCUT2D eigenvalue weighted by molar-refractivity contribution is 0.0975. The van der Waals surface area contributed by atoms with Gasteiger partial charge in [0.2, 0.25) is 5.96 Å². The molecule has 6 nitrogen and oxygen atoms in total. The standard InChI is InChI=1S/C20H20ClF2N3O3/c1-28-18-7-5-13(10-15(18)21)25-20(24-11-14-3-2-8-29-14)26-19(27)12-4-6-16(22)17(23)9-12/h4-7,9-10,14H,2-3,8,11H2,1H3,(H2,24,25,26,27)/t14-/m0/s1. The van der Waals surface area contributed by atoms with Crippen LogP contribution >= 0.6 is 11.6 Å². The molecule has 1 amide bonds. The molecule has 0 aliphatic carbocycles. The second kappa shape index (κ2) is 9.67. The molecule has 1 aliphatic heterocycles. The first kappa shape index (κ1) is 21.0. The van der Waals surface area contributed by atoms with Crippen molar-refractivity contribution in [1.29, 1.82) is 0 Å². The Morgan fingerprint density at radius 1 is 1.28 bits per heavy atom. The van der Waals surface area contributed by atoms with Crippen LogP contribution in [0.3, 0.4) is 0 Å². The van der Waals surface area contributed by atoms with Crippen LogP contribution < -0.4 is 15.4 Å². The number of hydrogen-bond donors (Lipinski definition) is 2. The van der Waals surface area contributed by atoms with Gasteiger partial charge in [-0.05, 0) is 49.2 Å². The SMILES string of the molecule is COc1ccc(NC(=NC[C@@H]2CCCO2)NC(=O)c2ccc(F)c(F)c2)cc1Cl. The van der Waals surface area contributed by atoms with Gasteiger partial charge in [-0.2, -0.15) is 0 Å². The summed E-state index contributed by atoms with van der Waals surface area (Å²) >= 11 is 6.14. The van der Waals surface area contributed by atoms with E-state index in [0.717, 1.165) is 25.0 Å². The molecule has 1 saturated heterocycles. The van der Waals surface area contributed by atoms with Crippen molar-refractivity contribution in [2.24, 2.45) is 4.99 Å². The summed E-state index contributed by atoms with van der Waals surface area (Å²) in [5.74, 6) is -2.13. The van der Waals surface area contributed by atoms with Crippen molar-refractivity contribution in [3.8, 4) is 5.75 Å². The molecular formula is C20H20ClF2N3O3. The number of hydrogen-bond acceptors (Lipinski definition) is 4. The minimum Gasteiger partial charge on any atom is -0.495 e. The number of amides is 1. The Labute approximate surface area is 171 Å². The van der Waals surface area contributed by atoms with Gasteiger partial charge in [-0.25, -0.2) is 13.8 Å². The second-order valence-corrected chi connectivity index (χ2v) is 6.79. The van der Waals surface area contributed by atoms with E-state index < -0.39 is 17.5 Å². The average Bonchev–Trinajstić information content (AvgIpc) is 3.22. The fraction of sp³-hybridized carbons (Fsp3) is 0.300. The predicted molar refractivity (Wildman–Crippen MR) is 107 cm³/mol. The van der Waals surface area contributed by atoms with Crippen LogP contribution in [-0.4, -0.2) is 38.2 Å². The van der Waals surface area contributed by atoms with Crippen molar-refractivity contribution in [3.05, 3.63) is 58.6 Å². The van der Waals surface area contributed by atoms with Gasteiger partial charge in [0.15, 0.2) is 11.6 Å². The van der Waals surface area contributed by atoms with Gasteiger partial charge in [0.05, 0.1) is 24.8 Å².